The molecular weight excluding hydrogens is 246 g/mol. The number of nitrogens with one attached hydrogen (secondary N) is 1. The average molecular weight is 270 g/mol. The summed E-state index contributed by atoms with van der Waals surface area (Å²) in [6, 6.07) is 3.97. The minimum absolute atomic E-state index is 0.313. The molecule has 0 radical (unpaired) electrons. The lowest BCUT2D eigenvalue weighted by atomic mass is 9.97. The van der Waals surface area contributed by atoms with E-state index < -0.39 is 0 Å². The molecule has 0 fully saturated rings. The summed E-state index contributed by atoms with van der Waals surface area (Å²) in [5.74, 6) is 0.895. The quantitative estimate of drug-likeness (QED) is 0.817. The number of hydrogen-bond donors (Lipinski definition) is 1. The molecular formula is C15H24ClNO. The second-order valence-corrected chi connectivity index (χ2v) is 6.33. The van der Waals surface area contributed by atoms with Gasteiger partial charge in [-0.2, -0.15) is 0 Å². The molecule has 1 aromatic carbocycles. The van der Waals surface area contributed by atoms with Crippen molar-refractivity contribution in [3.8, 4) is 5.75 Å². The fraction of sp³-hybridized carbons (Fsp3) is 0.600. The smallest absolute Gasteiger partial charge is 0.119 e. The summed E-state index contributed by atoms with van der Waals surface area (Å²) >= 11 is 6.12. The molecule has 102 valence electrons. The van der Waals surface area contributed by atoms with Crippen LogP contribution in [0.2, 0.25) is 5.02 Å². The Labute approximate surface area is 116 Å². The average Bonchev–Trinajstić information content (AvgIpc) is 2.23. The predicted molar refractivity (Wildman–Crippen MR) is 78.7 cm³/mol. The summed E-state index contributed by atoms with van der Waals surface area (Å²) in [7, 11) is 0. The van der Waals surface area contributed by atoms with Gasteiger partial charge in [-0.05, 0) is 42.5 Å². The number of benzene rings is 1. The molecule has 2 nitrogen and oxygen atoms in total. The zero-order chi connectivity index (χ0) is 13.8. The maximum absolute atomic E-state index is 6.12. The number of rotatable bonds is 5. The van der Waals surface area contributed by atoms with Crippen LogP contribution < -0.4 is 10.1 Å². The maximum atomic E-state index is 6.12. The van der Waals surface area contributed by atoms with Crippen molar-refractivity contribution in [2.24, 2.45) is 5.41 Å². The molecule has 0 spiro atoms. The van der Waals surface area contributed by atoms with Crippen molar-refractivity contribution in [1.29, 1.82) is 0 Å². The molecule has 0 unspecified atom stereocenters. The van der Waals surface area contributed by atoms with Crippen LogP contribution in [-0.4, -0.2) is 19.7 Å². The van der Waals surface area contributed by atoms with Gasteiger partial charge >= 0.3 is 0 Å². The van der Waals surface area contributed by atoms with Crippen molar-refractivity contribution in [2.45, 2.75) is 34.6 Å². The number of halogens is 1. The normalized spacial score (nSPS) is 11.7. The minimum atomic E-state index is 0.313. The van der Waals surface area contributed by atoms with Gasteiger partial charge < -0.3 is 10.1 Å². The van der Waals surface area contributed by atoms with E-state index in [1.807, 2.05) is 26.0 Å². The standard InChI is InChI=1S/C15H24ClNO/c1-11-8-13(9-12(2)14(11)16)18-7-6-17-10-15(3,4)5/h8-9,17H,6-7,10H2,1-5H3. The van der Waals surface area contributed by atoms with E-state index in [2.05, 4.69) is 26.1 Å². The summed E-state index contributed by atoms with van der Waals surface area (Å²) in [5, 5.41) is 4.21. The van der Waals surface area contributed by atoms with Gasteiger partial charge in [0.15, 0.2) is 0 Å². The second-order valence-electron chi connectivity index (χ2n) is 5.96. The Kier molecular flexibility index (Phi) is 5.48. The second kappa shape index (κ2) is 6.44. The molecule has 0 aliphatic heterocycles. The van der Waals surface area contributed by atoms with E-state index in [1.165, 1.54) is 0 Å². The molecule has 0 aliphatic carbocycles. The maximum Gasteiger partial charge on any atom is 0.119 e. The molecule has 0 heterocycles. The molecule has 18 heavy (non-hydrogen) atoms. The third-order valence-corrected chi connectivity index (χ3v) is 3.21. The first-order valence-electron chi connectivity index (χ1n) is 6.40. The van der Waals surface area contributed by atoms with Crippen LogP contribution in [0.1, 0.15) is 31.9 Å². The van der Waals surface area contributed by atoms with Gasteiger partial charge in [0.05, 0.1) is 0 Å². The van der Waals surface area contributed by atoms with Crippen molar-refractivity contribution in [1.82, 2.24) is 5.32 Å². The Morgan fingerprint density at radius 3 is 2.22 bits per heavy atom. The van der Waals surface area contributed by atoms with Gasteiger partial charge in [-0.25, -0.2) is 0 Å². The first kappa shape index (κ1) is 15.3. The largest absolute Gasteiger partial charge is 0.492 e. The highest BCUT2D eigenvalue weighted by Gasteiger charge is 2.08. The third kappa shape index (κ3) is 5.28. The van der Waals surface area contributed by atoms with Crippen LogP contribution in [-0.2, 0) is 0 Å². The van der Waals surface area contributed by atoms with E-state index in [1.54, 1.807) is 0 Å². The summed E-state index contributed by atoms with van der Waals surface area (Å²) < 4.78 is 5.72. The molecule has 0 atom stereocenters. The molecule has 0 aliphatic rings. The lowest BCUT2D eigenvalue weighted by molar-refractivity contribution is 0.297. The fourth-order valence-corrected chi connectivity index (χ4v) is 1.80. The SMILES string of the molecule is Cc1cc(OCCNCC(C)(C)C)cc(C)c1Cl. The Morgan fingerprint density at radius 2 is 1.72 bits per heavy atom. The van der Waals surface area contributed by atoms with Gasteiger partial charge in [0.1, 0.15) is 12.4 Å². The molecule has 1 rings (SSSR count). The first-order valence-corrected chi connectivity index (χ1v) is 6.78. The van der Waals surface area contributed by atoms with Crippen LogP contribution in [0, 0.1) is 19.3 Å². The van der Waals surface area contributed by atoms with E-state index in [9.17, 15) is 0 Å². The lowest BCUT2D eigenvalue weighted by Gasteiger charge is -2.18. The van der Waals surface area contributed by atoms with Crippen molar-refractivity contribution in [3.05, 3.63) is 28.3 Å². The Balaban J connectivity index is 2.36. The molecule has 1 aromatic rings. The van der Waals surface area contributed by atoms with Crippen LogP contribution >= 0.6 is 11.6 Å². The van der Waals surface area contributed by atoms with Crippen molar-refractivity contribution in [3.63, 3.8) is 0 Å². The monoisotopic (exact) mass is 269 g/mol. The minimum Gasteiger partial charge on any atom is -0.492 e. The summed E-state index contributed by atoms with van der Waals surface area (Å²) in [6.45, 7) is 13.2. The molecule has 0 bridgehead atoms. The molecule has 0 amide bonds. The molecule has 0 saturated carbocycles. The topological polar surface area (TPSA) is 21.3 Å². The van der Waals surface area contributed by atoms with Gasteiger partial charge in [-0.15, -0.1) is 0 Å². The Hall–Kier alpha value is -0.730. The molecule has 0 saturated heterocycles. The zero-order valence-electron chi connectivity index (χ0n) is 12.1. The highest BCUT2D eigenvalue weighted by Crippen LogP contribution is 2.25. The molecule has 3 heteroatoms. The van der Waals surface area contributed by atoms with E-state index in [0.717, 1.165) is 35.0 Å². The van der Waals surface area contributed by atoms with Crippen molar-refractivity contribution >= 4 is 11.6 Å². The first-order chi connectivity index (χ1) is 8.29. The Bertz CT molecular complexity index is 373. The van der Waals surface area contributed by atoms with Gasteiger partial charge in [0, 0.05) is 18.1 Å². The zero-order valence-corrected chi connectivity index (χ0v) is 12.8. The predicted octanol–water partition coefficient (Wildman–Crippen LogP) is 3.97. The Morgan fingerprint density at radius 1 is 1.17 bits per heavy atom. The highest BCUT2D eigenvalue weighted by molar-refractivity contribution is 6.32. The summed E-state index contributed by atoms with van der Waals surface area (Å²) in [4.78, 5) is 0. The lowest BCUT2D eigenvalue weighted by Crippen LogP contribution is -2.30. The van der Waals surface area contributed by atoms with Crippen LogP contribution in [0.25, 0.3) is 0 Å². The van der Waals surface area contributed by atoms with E-state index in [-0.39, 0.29) is 0 Å². The molecule has 1 N–H and O–H groups in total. The van der Waals surface area contributed by atoms with Crippen molar-refractivity contribution < 1.29 is 4.74 Å². The van der Waals surface area contributed by atoms with Crippen LogP contribution in [0.5, 0.6) is 5.75 Å². The van der Waals surface area contributed by atoms with Gasteiger partial charge in [0.25, 0.3) is 0 Å². The number of ether oxygens (including phenoxy) is 1. The van der Waals surface area contributed by atoms with E-state index >= 15 is 0 Å². The van der Waals surface area contributed by atoms with Crippen LogP contribution in [0.4, 0.5) is 0 Å². The van der Waals surface area contributed by atoms with Crippen LogP contribution in [0.15, 0.2) is 12.1 Å². The van der Waals surface area contributed by atoms with Crippen LogP contribution in [0.3, 0.4) is 0 Å². The number of aryl methyl sites for hydroxylation is 2. The van der Waals surface area contributed by atoms with Gasteiger partial charge in [-0.3, -0.25) is 0 Å². The van der Waals surface area contributed by atoms with Gasteiger partial charge in [-0.1, -0.05) is 32.4 Å². The summed E-state index contributed by atoms with van der Waals surface area (Å²) in [5.41, 5.74) is 2.44. The summed E-state index contributed by atoms with van der Waals surface area (Å²) in [6.07, 6.45) is 0. The van der Waals surface area contributed by atoms with Crippen molar-refractivity contribution in [2.75, 3.05) is 19.7 Å². The number of hydrogen-bond acceptors (Lipinski definition) is 2. The fourth-order valence-electron chi connectivity index (χ4n) is 1.69. The highest BCUT2D eigenvalue weighted by atomic mass is 35.5. The van der Waals surface area contributed by atoms with E-state index in [0.29, 0.717) is 12.0 Å². The third-order valence-electron chi connectivity index (χ3n) is 2.61. The molecule has 0 aromatic heterocycles. The van der Waals surface area contributed by atoms with Gasteiger partial charge in [0.2, 0.25) is 0 Å². The van der Waals surface area contributed by atoms with E-state index in [4.69, 9.17) is 16.3 Å².